The van der Waals surface area contributed by atoms with Crippen molar-refractivity contribution < 1.29 is 0 Å². The lowest BCUT2D eigenvalue weighted by atomic mass is 10.0. The smallest absolute Gasteiger partial charge is 0.0367 e. The molecule has 5 nitrogen and oxygen atoms in total. The highest BCUT2D eigenvalue weighted by molar-refractivity contribution is 5.85. The van der Waals surface area contributed by atoms with Crippen LogP contribution in [0.4, 0.5) is 5.69 Å². The Kier molecular flexibility index (Phi) is 7.78. The van der Waals surface area contributed by atoms with Crippen molar-refractivity contribution in [1.29, 1.82) is 0 Å². The first-order chi connectivity index (χ1) is 11.2. The van der Waals surface area contributed by atoms with Gasteiger partial charge in [0.2, 0.25) is 0 Å². The lowest BCUT2D eigenvalue weighted by Crippen LogP contribution is -2.52. The number of benzene rings is 1. The molecule has 3 atom stereocenters. The van der Waals surface area contributed by atoms with Crippen molar-refractivity contribution >= 4 is 18.1 Å². The monoisotopic (exact) mass is 353 g/mol. The summed E-state index contributed by atoms with van der Waals surface area (Å²) in [5.41, 5.74) is 7.88. The van der Waals surface area contributed by atoms with Crippen molar-refractivity contribution in [3.63, 3.8) is 0 Å². The van der Waals surface area contributed by atoms with E-state index in [-0.39, 0.29) is 12.4 Å². The minimum Gasteiger partial charge on any atom is -0.369 e. The Morgan fingerprint density at radius 3 is 2.50 bits per heavy atom. The van der Waals surface area contributed by atoms with Crippen LogP contribution in [0.2, 0.25) is 0 Å². The maximum atomic E-state index is 3.66. The Hall–Kier alpha value is -0.850. The predicted octanol–water partition coefficient (Wildman–Crippen LogP) is 1.32. The fraction of sp³-hybridized carbons (Fsp3) is 0.667. The summed E-state index contributed by atoms with van der Waals surface area (Å²) >= 11 is 0. The Bertz CT molecular complexity index is 464. The van der Waals surface area contributed by atoms with Crippen molar-refractivity contribution in [2.75, 3.05) is 50.7 Å². The molecule has 0 radical (unpaired) electrons. The number of nitrogens with zero attached hydrogens (tertiary/aromatic N) is 2. The first-order valence-corrected chi connectivity index (χ1v) is 8.97. The normalized spacial score (nSPS) is 26.2. The summed E-state index contributed by atoms with van der Waals surface area (Å²) in [5.74, 6) is 0.692. The van der Waals surface area contributed by atoms with E-state index in [1.807, 2.05) is 0 Å². The zero-order valence-electron chi connectivity index (χ0n) is 14.9. The van der Waals surface area contributed by atoms with Crippen LogP contribution in [0.15, 0.2) is 30.3 Å². The van der Waals surface area contributed by atoms with E-state index in [4.69, 9.17) is 0 Å². The molecule has 2 heterocycles. The second-order valence-electron chi connectivity index (χ2n) is 6.94. The number of hydrazine groups is 1. The third-order valence-corrected chi connectivity index (χ3v) is 5.31. The molecule has 3 N–H and O–H groups in total. The fourth-order valence-electron chi connectivity index (χ4n) is 3.56. The van der Waals surface area contributed by atoms with Crippen LogP contribution in [0.3, 0.4) is 0 Å². The fourth-order valence-corrected chi connectivity index (χ4v) is 3.56. The van der Waals surface area contributed by atoms with Gasteiger partial charge in [-0.2, -0.15) is 0 Å². The summed E-state index contributed by atoms with van der Waals surface area (Å²) in [6.07, 6.45) is 0. The van der Waals surface area contributed by atoms with Gasteiger partial charge in [0, 0.05) is 69.5 Å². The Labute approximate surface area is 152 Å². The largest absolute Gasteiger partial charge is 0.369 e. The SMILES string of the molecule is CC1NNCC1CNCC(C)N1CCN(c2ccccc2)CC1.Cl. The predicted molar refractivity (Wildman–Crippen MR) is 104 cm³/mol. The van der Waals surface area contributed by atoms with Gasteiger partial charge in [0.15, 0.2) is 0 Å². The summed E-state index contributed by atoms with van der Waals surface area (Å²) in [6.45, 7) is 12.4. The molecule has 0 bridgehead atoms. The summed E-state index contributed by atoms with van der Waals surface area (Å²) in [5, 5.41) is 3.66. The van der Waals surface area contributed by atoms with Gasteiger partial charge in [-0.25, -0.2) is 0 Å². The average Bonchev–Trinajstić information content (AvgIpc) is 3.01. The van der Waals surface area contributed by atoms with E-state index in [1.54, 1.807) is 0 Å². The quantitative estimate of drug-likeness (QED) is 0.720. The molecule has 0 aromatic heterocycles. The second kappa shape index (κ2) is 9.59. The molecule has 2 aliphatic rings. The van der Waals surface area contributed by atoms with E-state index < -0.39 is 0 Å². The van der Waals surface area contributed by atoms with Crippen molar-refractivity contribution in [1.82, 2.24) is 21.1 Å². The molecule has 0 aliphatic carbocycles. The average molecular weight is 354 g/mol. The molecular weight excluding hydrogens is 322 g/mol. The number of piperazine rings is 1. The minimum atomic E-state index is 0. The first-order valence-electron chi connectivity index (χ1n) is 8.97. The van der Waals surface area contributed by atoms with Crippen molar-refractivity contribution in [3.05, 3.63) is 30.3 Å². The van der Waals surface area contributed by atoms with Gasteiger partial charge in [0.1, 0.15) is 0 Å². The molecule has 1 aromatic carbocycles. The number of nitrogens with one attached hydrogen (secondary N) is 3. The van der Waals surface area contributed by atoms with Crippen LogP contribution in [0.1, 0.15) is 13.8 Å². The van der Waals surface area contributed by atoms with Gasteiger partial charge in [-0.15, -0.1) is 12.4 Å². The topological polar surface area (TPSA) is 42.6 Å². The molecule has 24 heavy (non-hydrogen) atoms. The van der Waals surface area contributed by atoms with Crippen molar-refractivity contribution in [2.45, 2.75) is 25.9 Å². The maximum Gasteiger partial charge on any atom is 0.0367 e. The number of para-hydroxylation sites is 1. The molecule has 0 spiro atoms. The molecule has 1 aromatic rings. The van der Waals surface area contributed by atoms with Crippen LogP contribution in [0.25, 0.3) is 0 Å². The Balaban J connectivity index is 0.00000208. The van der Waals surface area contributed by atoms with Crippen LogP contribution in [0.5, 0.6) is 0 Å². The molecule has 2 aliphatic heterocycles. The molecule has 136 valence electrons. The molecule has 6 heteroatoms. The van der Waals surface area contributed by atoms with Gasteiger partial charge in [0.25, 0.3) is 0 Å². The van der Waals surface area contributed by atoms with E-state index in [0.717, 1.165) is 45.8 Å². The molecule has 2 fully saturated rings. The van der Waals surface area contributed by atoms with E-state index in [2.05, 4.69) is 70.1 Å². The number of hydrogen-bond donors (Lipinski definition) is 3. The van der Waals surface area contributed by atoms with Gasteiger partial charge in [0.05, 0.1) is 0 Å². The second-order valence-corrected chi connectivity index (χ2v) is 6.94. The highest BCUT2D eigenvalue weighted by Crippen LogP contribution is 2.16. The Morgan fingerprint density at radius 2 is 1.88 bits per heavy atom. The number of rotatable bonds is 6. The van der Waals surface area contributed by atoms with Gasteiger partial charge >= 0.3 is 0 Å². The number of hydrogen-bond acceptors (Lipinski definition) is 5. The van der Waals surface area contributed by atoms with Crippen LogP contribution >= 0.6 is 12.4 Å². The molecule has 3 rings (SSSR count). The lowest BCUT2D eigenvalue weighted by Gasteiger charge is -2.39. The highest BCUT2D eigenvalue weighted by Gasteiger charge is 2.24. The number of halogens is 1. The summed E-state index contributed by atoms with van der Waals surface area (Å²) in [4.78, 5) is 5.11. The maximum absolute atomic E-state index is 3.66. The molecular formula is C18H32ClN5. The van der Waals surface area contributed by atoms with Crippen LogP contribution in [0, 0.1) is 5.92 Å². The Morgan fingerprint density at radius 1 is 1.17 bits per heavy atom. The molecule has 2 saturated heterocycles. The zero-order valence-corrected chi connectivity index (χ0v) is 15.7. The van der Waals surface area contributed by atoms with Gasteiger partial charge < -0.3 is 10.2 Å². The zero-order chi connectivity index (χ0) is 16.1. The third kappa shape index (κ3) is 5.07. The molecule has 0 amide bonds. The molecule has 0 saturated carbocycles. The minimum absolute atomic E-state index is 0. The van der Waals surface area contributed by atoms with Crippen LogP contribution in [-0.4, -0.2) is 62.8 Å². The summed E-state index contributed by atoms with van der Waals surface area (Å²) < 4.78 is 0. The van der Waals surface area contributed by atoms with Crippen molar-refractivity contribution in [2.24, 2.45) is 5.92 Å². The van der Waals surface area contributed by atoms with E-state index in [0.29, 0.717) is 18.0 Å². The standard InChI is InChI=1S/C18H31N5.ClH/c1-15(12-19-13-17-14-20-21-16(17)2)22-8-10-23(11-9-22)18-6-4-3-5-7-18;/h3-7,15-17,19-21H,8-14H2,1-2H3;1H. The van der Waals surface area contributed by atoms with E-state index >= 15 is 0 Å². The first kappa shape index (κ1) is 19.5. The van der Waals surface area contributed by atoms with Crippen LogP contribution < -0.4 is 21.1 Å². The van der Waals surface area contributed by atoms with Gasteiger partial charge in [-0.3, -0.25) is 15.8 Å². The summed E-state index contributed by atoms with van der Waals surface area (Å²) in [7, 11) is 0. The van der Waals surface area contributed by atoms with Crippen LogP contribution in [-0.2, 0) is 0 Å². The number of anilines is 1. The molecule has 3 unspecified atom stereocenters. The van der Waals surface area contributed by atoms with Gasteiger partial charge in [-0.1, -0.05) is 18.2 Å². The third-order valence-electron chi connectivity index (χ3n) is 5.31. The lowest BCUT2D eigenvalue weighted by molar-refractivity contribution is 0.191. The van der Waals surface area contributed by atoms with E-state index in [9.17, 15) is 0 Å². The highest BCUT2D eigenvalue weighted by atomic mass is 35.5. The van der Waals surface area contributed by atoms with E-state index in [1.165, 1.54) is 5.69 Å². The van der Waals surface area contributed by atoms with Gasteiger partial charge in [-0.05, 0) is 26.0 Å². The summed E-state index contributed by atoms with van der Waals surface area (Å²) in [6, 6.07) is 11.9. The van der Waals surface area contributed by atoms with Crippen molar-refractivity contribution in [3.8, 4) is 0 Å².